The quantitative estimate of drug-likeness (QED) is 0.717. The normalized spacial score (nSPS) is 16.1. The Kier molecular flexibility index (Phi) is 7.52. The number of benzene rings is 1. The molecule has 2 rings (SSSR count). The van der Waals surface area contributed by atoms with Crippen molar-refractivity contribution >= 4 is 24.2 Å². The van der Waals surface area contributed by atoms with Gasteiger partial charge >= 0.3 is 0 Å². The van der Waals surface area contributed by atoms with Crippen molar-refractivity contribution in [2.75, 3.05) is 13.1 Å². The molecule has 1 aromatic rings. The Bertz CT molecular complexity index is 525. The largest absolute Gasteiger partial charge is 0.353 e. The molecule has 1 fully saturated rings. The molecule has 0 spiro atoms. The Morgan fingerprint density at radius 3 is 2.22 bits per heavy atom. The fraction of sp³-hybridized carbons (Fsp3) is 0.529. The number of nitrogens with one attached hydrogen (secondary N) is 2. The molecule has 1 aromatic carbocycles. The summed E-state index contributed by atoms with van der Waals surface area (Å²) >= 11 is 0. The topological polar surface area (TPSA) is 84.2 Å². The fourth-order valence-corrected chi connectivity index (χ4v) is 2.74. The van der Waals surface area contributed by atoms with Crippen molar-refractivity contribution in [1.29, 1.82) is 0 Å². The zero-order chi connectivity index (χ0) is 16.0. The van der Waals surface area contributed by atoms with Gasteiger partial charge in [0.2, 0.25) is 5.91 Å². The highest BCUT2D eigenvalue weighted by molar-refractivity contribution is 5.94. The molecule has 1 aliphatic carbocycles. The predicted octanol–water partition coefficient (Wildman–Crippen LogP) is 1.92. The third kappa shape index (κ3) is 5.52. The summed E-state index contributed by atoms with van der Waals surface area (Å²) in [4.78, 5) is 24.0. The molecule has 0 atom stereocenters. The third-order valence-corrected chi connectivity index (χ3v) is 4.21. The van der Waals surface area contributed by atoms with Gasteiger partial charge in [-0.1, -0.05) is 37.0 Å². The van der Waals surface area contributed by atoms with Crippen LogP contribution in [0.15, 0.2) is 24.3 Å². The van der Waals surface area contributed by atoms with Crippen molar-refractivity contribution in [3.05, 3.63) is 35.4 Å². The van der Waals surface area contributed by atoms with Gasteiger partial charge in [-0.05, 0) is 31.9 Å². The van der Waals surface area contributed by atoms with Crippen molar-refractivity contribution in [3.8, 4) is 0 Å². The number of amides is 2. The second-order valence-corrected chi connectivity index (χ2v) is 6.09. The first-order chi connectivity index (χ1) is 10.5. The van der Waals surface area contributed by atoms with E-state index in [-0.39, 0.29) is 24.2 Å². The highest BCUT2D eigenvalue weighted by Crippen LogP contribution is 2.25. The summed E-state index contributed by atoms with van der Waals surface area (Å²) in [5, 5.41) is 5.62. The van der Waals surface area contributed by atoms with E-state index in [1.165, 1.54) is 0 Å². The molecule has 5 nitrogen and oxygen atoms in total. The summed E-state index contributed by atoms with van der Waals surface area (Å²) < 4.78 is 0. The lowest BCUT2D eigenvalue weighted by molar-refractivity contribution is -0.127. The molecule has 0 bridgehead atoms. The van der Waals surface area contributed by atoms with Crippen LogP contribution in [-0.4, -0.2) is 30.4 Å². The average Bonchev–Trinajstić information content (AvgIpc) is 2.52. The molecule has 0 aliphatic heterocycles. The Morgan fingerprint density at radius 1 is 1.04 bits per heavy atom. The molecule has 0 saturated heterocycles. The molecule has 0 heterocycles. The van der Waals surface area contributed by atoms with Crippen molar-refractivity contribution in [2.45, 2.75) is 44.6 Å². The predicted molar refractivity (Wildman–Crippen MR) is 93.8 cm³/mol. The minimum Gasteiger partial charge on any atom is -0.353 e. The highest BCUT2D eigenvalue weighted by atomic mass is 35.5. The maximum atomic E-state index is 12.1. The lowest BCUT2D eigenvalue weighted by Crippen LogP contribution is -2.55. The summed E-state index contributed by atoms with van der Waals surface area (Å²) in [7, 11) is 0. The standard InChI is InChI=1S/C17H25N3O2.ClH/c1-13-5-7-14(8-6-13)15(21)19-11-12-20-16(22)17(18)9-3-2-4-10-17;/h5-8H,2-4,9-12,18H2,1H3,(H,19,21)(H,20,22);1H. The number of aryl methyl sites for hydroxylation is 1. The van der Waals surface area contributed by atoms with Gasteiger partial charge in [0.25, 0.3) is 5.91 Å². The van der Waals surface area contributed by atoms with E-state index in [0.717, 1.165) is 37.7 Å². The Labute approximate surface area is 143 Å². The number of hydrogen-bond donors (Lipinski definition) is 3. The van der Waals surface area contributed by atoms with Crippen LogP contribution in [-0.2, 0) is 4.79 Å². The van der Waals surface area contributed by atoms with Gasteiger partial charge in [-0.15, -0.1) is 12.4 Å². The molecule has 0 aromatic heterocycles. The number of nitrogens with two attached hydrogens (primary N) is 1. The van der Waals surface area contributed by atoms with E-state index in [0.29, 0.717) is 18.7 Å². The number of carbonyl (C=O) groups excluding carboxylic acids is 2. The van der Waals surface area contributed by atoms with Crippen LogP contribution in [0.5, 0.6) is 0 Å². The van der Waals surface area contributed by atoms with Crippen LogP contribution < -0.4 is 16.4 Å². The van der Waals surface area contributed by atoms with E-state index in [4.69, 9.17) is 5.73 Å². The van der Waals surface area contributed by atoms with Crippen molar-refractivity contribution in [1.82, 2.24) is 10.6 Å². The summed E-state index contributed by atoms with van der Waals surface area (Å²) in [5.41, 5.74) is 7.17. The van der Waals surface area contributed by atoms with E-state index in [1.807, 2.05) is 19.1 Å². The van der Waals surface area contributed by atoms with Gasteiger partial charge in [-0.2, -0.15) is 0 Å². The van der Waals surface area contributed by atoms with Gasteiger partial charge in [-0.3, -0.25) is 9.59 Å². The lowest BCUT2D eigenvalue weighted by atomic mass is 9.82. The second-order valence-electron chi connectivity index (χ2n) is 6.09. The second kappa shape index (κ2) is 8.89. The number of hydrogen-bond acceptors (Lipinski definition) is 3. The molecule has 2 amide bonds. The lowest BCUT2D eigenvalue weighted by Gasteiger charge is -2.31. The van der Waals surface area contributed by atoms with Crippen LogP contribution >= 0.6 is 12.4 Å². The van der Waals surface area contributed by atoms with Crippen LogP contribution in [0.3, 0.4) is 0 Å². The molecular formula is C17H26ClN3O2. The average molecular weight is 340 g/mol. The molecular weight excluding hydrogens is 314 g/mol. The van der Waals surface area contributed by atoms with E-state index in [1.54, 1.807) is 12.1 Å². The van der Waals surface area contributed by atoms with Crippen LogP contribution in [0.1, 0.15) is 48.0 Å². The smallest absolute Gasteiger partial charge is 0.251 e. The van der Waals surface area contributed by atoms with Crippen LogP contribution in [0, 0.1) is 6.92 Å². The van der Waals surface area contributed by atoms with Crippen molar-refractivity contribution in [3.63, 3.8) is 0 Å². The fourth-order valence-electron chi connectivity index (χ4n) is 2.74. The molecule has 128 valence electrons. The van der Waals surface area contributed by atoms with Gasteiger partial charge in [0.15, 0.2) is 0 Å². The van der Waals surface area contributed by atoms with E-state index >= 15 is 0 Å². The van der Waals surface area contributed by atoms with Crippen LogP contribution in [0.4, 0.5) is 0 Å². The maximum Gasteiger partial charge on any atom is 0.251 e. The molecule has 0 radical (unpaired) electrons. The number of halogens is 1. The van der Waals surface area contributed by atoms with Crippen molar-refractivity contribution < 1.29 is 9.59 Å². The molecule has 4 N–H and O–H groups in total. The van der Waals surface area contributed by atoms with Gasteiger partial charge in [0, 0.05) is 18.7 Å². The zero-order valence-electron chi connectivity index (χ0n) is 13.6. The Balaban J connectivity index is 0.00000264. The minimum atomic E-state index is -0.723. The minimum absolute atomic E-state index is 0. The first-order valence-electron chi connectivity index (χ1n) is 7.93. The summed E-state index contributed by atoms with van der Waals surface area (Å²) in [6.45, 7) is 2.77. The number of carbonyl (C=O) groups is 2. The Morgan fingerprint density at radius 2 is 1.61 bits per heavy atom. The third-order valence-electron chi connectivity index (χ3n) is 4.21. The number of rotatable bonds is 5. The summed E-state index contributed by atoms with van der Waals surface area (Å²) in [5.74, 6) is -0.230. The highest BCUT2D eigenvalue weighted by Gasteiger charge is 2.34. The molecule has 1 aliphatic rings. The van der Waals surface area contributed by atoms with Gasteiger partial charge < -0.3 is 16.4 Å². The first kappa shape index (κ1) is 19.5. The SMILES string of the molecule is Cc1ccc(C(=O)NCCNC(=O)C2(N)CCCCC2)cc1.Cl. The van der Waals surface area contributed by atoms with Crippen LogP contribution in [0.2, 0.25) is 0 Å². The van der Waals surface area contributed by atoms with Gasteiger partial charge in [0.05, 0.1) is 5.54 Å². The summed E-state index contributed by atoms with van der Waals surface area (Å²) in [6.07, 6.45) is 4.66. The molecule has 0 unspecified atom stereocenters. The van der Waals surface area contributed by atoms with E-state index in [2.05, 4.69) is 10.6 Å². The molecule has 1 saturated carbocycles. The zero-order valence-corrected chi connectivity index (χ0v) is 14.4. The van der Waals surface area contributed by atoms with Gasteiger partial charge in [-0.25, -0.2) is 0 Å². The first-order valence-corrected chi connectivity index (χ1v) is 7.93. The van der Waals surface area contributed by atoms with E-state index < -0.39 is 5.54 Å². The summed E-state index contributed by atoms with van der Waals surface area (Å²) in [6, 6.07) is 7.39. The molecule has 6 heteroatoms. The van der Waals surface area contributed by atoms with E-state index in [9.17, 15) is 9.59 Å². The van der Waals surface area contributed by atoms with Crippen molar-refractivity contribution in [2.24, 2.45) is 5.73 Å². The maximum absolute atomic E-state index is 12.1. The van der Waals surface area contributed by atoms with Crippen LogP contribution in [0.25, 0.3) is 0 Å². The molecule has 23 heavy (non-hydrogen) atoms. The van der Waals surface area contributed by atoms with Gasteiger partial charge in [0.1, 0.15) is 0 Å². The Hall–Kier alpha value is -1.59. The monoisotopic (exact) mass is 339 g/mol.